The van der Waals surface area contributed by atoms with E-state index in [4.69, 9.17) is 4.74 Å². The Morgan fingerprint density at radius 2 is 1.90 bits per heavy atom. The summed E-state index contributed by atoms with van der Waals surface area (Å²) in [6.07, 6.45) is -2.47. The molecule has 0 aromatic carbocycles. The molecule has 0 N–H and O–H groups in total. The van der Waals surface area contributed by atoms with Crippen molar-refractivity contribution >= 4 is 17.5 Å². The van der Waals surface area contributed by atoms with Crippen molar-refractivity contribution in [3.8, 4) is 0 Å². The van der Waals surface area contributed by atoms with Crippen LogP contribution < -0.4 is 0 Å². The molecule has 0 saturated heterocycles. The number of alkyl halides is 3. The molecule has 0 atom stereocenters. The summed E-state index contributed by atoms with van der Waals surface area (Å²) in [6.45, 7) is 4.99. The van der Waals surface area contributed by atoms with Crippen molar-refractivity contribution in [1.82, 2.24) is 19.6 Å². The normalized spacial score (nSPS) is 14.7. The predicted octanol–water partition coefficient (Wildman–Crippen LogP) is 3.87. The molecule has 29 heavy (non-hydrogen) atoms. The van der Waals surface area contributed by atoms with Gasteiger partial charge in [0.15, 0.2) is 0 Å². The lowest BCUT2D eigenvalue weighted by Gasteiger charge is -2.33. The third kappa shape index (κ3) is 4.99. The van der Waals surface area contributed by atoms with Gasteiger partial charge in [-0.15, -0.1) is 0 Å². The Balaban J connectivity index is 1.87. The third-order valence-electron chi connectivity index (χ3n) is 4.36. The first-order valence-electron chi connectivity index (χ1n) is 9.18. The van der Waals surface area contributed by atoms with Crippen molar-refractivity contribution in [2.45, 2.75) is 51.9 Å². The van der Waals surface area contributed by atoms with Gasteiger partial charge in [0, 0.05) is 19.2 Å². The highest BCUT2D eigenvalue weighted by atomic mass is 19.4. The average Bonchev–Trinajstić information content (AvgIpc) is 3.35. The minimum Gasteiger partial charge on any atom is -0.442 e. The Bertz CT molecular complexity index is 929. The fourth-order valence-corrected chi connectivity index (χ4v) is 2.78. The van der Waals surface area contributed by atoms with Crippen LogP contribution in [0.2, 0.25) is 0 Å². The molecule has 0 aliphatic heterocycles. The lowest BCUT2D eigenvalue weighted by Crippen LogP contribution is -2.49. The highest BCUT2D eigenvalue weighted by Gasteiger charge is 2.37. The fraction of sp³-hybridized carbons (Fsp3) is 0.526. The lowest BCUT2D eigenvalue weighted by atomic mass is 10.2. The van der Waals surface area contributed by atoms with Crippen molar-refractivity contribution in [3.05, 3.63) is 35.7 Å². The average molecular weight is 412 g/mol. The molecular formula is C19H23F3N4O3. The van der Waals surface area contributed by atoms with E-state index in [-0.39, 0.29) is 23.9 Å². The number of hydrogen-bond acceptors (Lipinski definition) is 4. The minimum absolute atomic E-state index is 0.118. The molecule has 0 radical (unpaired) electrons. The highest BCUT2D eigenvalue weighted by molar-refractivity contribution is 5.83. The van der Waals surface area contributed by atoms with Crippen LogP contribution in [0, 0.1) is 5.92 Å². The number of ether oxygens (including phenoxy) is 1. The third-order valence-corrected chi connectivity index (χ3v) is 4.36. The zero-order valence-corrected chi connectivity index (χ0v) is 16.7. The smallest absolute Gasteiger partial charge is 0.429 e. The quantitative estimate of drug-likeness (QED) is 0.718. The zero-order chi connectivity index (χ0) is 21.6. The lowest BCUT2D eigenvalue weighted by molar-refractivity contribution is -0.147. The van der Waals surface area contributed by atoms with Gasteiger partial charge >= 0.3 is 12.3 Å². The van der Waals surface area contributed by atoms with Gasteiger partial charge in [-0.3, -0.25) is 9.80 Å². The van der Waals surface area contributed by atoms with Gasteiger partial charge < -0.3 is 4.74 Å². The zero-order valence-electron chi connectivity index (χ0n) is 16.7. The Morgan fingerprint density at radius 3 is 2.45 bits per heavy atom. The molecule has 1 saturated carbocycles. The van der Waals surface area contributed by atoms with E-state index in [2.05, 4.69) is 5.10 Å². The minimum atomic E-state index is -4.47. The number of aromatic nitrogens is 2. The molecule has 2 heterocycles. The summed E-state index contributed by atoms with van der Waals surface area (Å²) < 4.78 is 45.5. The molecule has 1 aliphatic carbocycles. The van der Waals surface area contributed by atoms with E-state index in [1.54, 1.807) is 20.8 Å². The molecule has 1 aliphatic rings. The topological polar surface area (TPSA) is 67.2 Å². The van der Waals surface area contributed by atoms with Crippen molar-refractivity contribution in [2.24, 2.45) is 5.92 Å². The Morgan fingerprint density at radius 1 is 1.24 bits per heavy atom. The molecule has 2 aromatic rings. The Labute approximate surface area is 166 Å². The highest BCUT2D eigenvalue weighted by Crippen LogP contribution is 2.32. The number of halogens is 3. The largest absolute Gasteiger partial charge is 0.442 e. The molecule has 7 nitrogen and oxygen atoms in total. The molecule has 158 valence electrons. The van der Waals surface area contributed by atoms with Crippen LogP contribution in [0.1, 0.15) is 44.9 Å². The van der Waals surface area contributed by atoms with Crippen molar-refractivity contribution in [3.63, 3.8) is 0 Å². The van der Waals surface area contributed by atoms with Crippen LogP contribution in [0.15, 0.2) is 24.4 Å². The van der Waals surface area contributed by atoms with Crippen LogP contribution in [-0.4, -0.2) is 44.3 Å². The van der Waals surface area contributed by atoms with E-state index in [1.165, 1.54) is 28.8 Å². The number of carbonyl (C=O) groups is 2. The number of hydrazine groups is 1. The SMILES string of the molecule is CN(C(=O)C1CC1)N(Cc1cc2cc(C(F)(F)F)ccn2n1)C(=O)OC(C)(C)C. The van der Waals surface area contributed by atoms with Crippen molar-refractivity contribution < 1.29 is 27.5 Å². The van der Waals surface area contributed by atoms with E-state index in [0.717, 1.165) is 30.0 Å². The molecule has 2 amide bonds. The number of amides is 2. The summed E-state index contributed by atoms with van der Waals surface area (Å²) in [4.78, 5) is 25.1. The van der Waals surface area contributed by atoms with Gasteiger partial charge in [0.05, 0.1) is 23.3 Å². The molecule has 10 heteroatoms. The number of fused-ring (bicyclic) bond motifs is 1. The van der Waals surface area contributed by atoms with E-state index in [1.807, 2.05) is 0 Å². The summed E-state index contributed by atoms with van der Waals surface area (Å²) in [6, 6.07) is 3.35. The summed E-state index contributed by atoms with van der Waals surface area (Å²) >= 11 is 0. The van der Waals surface area contributed by atoms with Gasteiger partial charge in [-0.25, -0.2) is 14.3 Å². The molecule has 2 aromatic heterocycles. The van der Waals surface area contributed by atoms with Crippen LogP contribution >= 0.6 is 0 Å². The van der Waals surface area contributed by atoms with E-state index < -0.39 is 23.4 Å². The first-order chi connectivity index (χ1) is 13.3. The van der Waals surface area contributed by atoms with Gasteiger partial charge in [-0.2, -0.15) is 18.3 Å². The van der Waals surface area contributed by atoms with Crippen molar-refractivity contribution in [1.29, 1.82) is 0 Å². The number of rotatable bonds is 3. The van der Waals surface area contributed by atoms with Crippen LogP contribution in [0.5, 0.6) is 0 Å². The Kier molecular flexibility index (Phi) is 5.22. The number of pyridine rings is 1. The maximum absolute atomic E-state index is 12.9. The van der Waals surface area contributed by atoms with Gasteiger partial charge in [0.25, 0.3) is 0 Å². The Hall–Kier alpha value is -2.78. The number of carbonyl (C=O) groups excluding carboxylic acids is 2. The van der Waals surface area contributed by atoms with Gasteiger partial charge in [0.1, 0.15) is 5.60 Å². The fourth-order valence-electron chi connectivity index (χ4n) is 2.78. The van der Waals surface area contributed by atoms with Gasteiger partial charge in [-0.1, -0.05) is 0 Å². The first-order valence-corrected chi connectivity index (χ1v) is 9.18. The van der Waals surface area contributed by atoms with E-state index in [9.17, 15) is 22.8 Å². The van der Waals surface area contributed by atoms with E-state index in [0.29, 0.717) is 5.69 Å². The second-order valence-corrected chi connectivity index (χ2v) is 8.09. The molecular weight excluding hydrogens is 389 g/mol. The summed E-state index contributed by atoms with van der Waals surface area (Å²) in [7, 11) is 1.47. The standard InChI is InChI=1S/C19H23F3N4O3/c1-18(2,3)29-17(28)26(24(4)16(27)12-5-6-12)11-14-10-15-9-13(19(20,21)22)7-8-25(15)23-14/h7-10,12H,5-6,11H2,1-4H3. The molecule has 3 rings (SSSR count). The second kappa shape index (κ2) is 7.23. The molecule has 0 bridgehead atoms. The maximum atomic E-state index is 12.9. The van der Waals surface area contributed by atoms with Crippen LogP contribution in [0.3, 0.4) is 0 Å². The second-order valence-electron chi connectivity index (χ2n) is 8.09. The van der Waals surface area contributed by atoms with Crippen LogP contribution in [0.25, 0.3) is 5.52 Å². The van der Waals surface area contributed by atoms with Gasteiger partial charge in [-0.05, 0) is 51.8 Å². The first kappa shape index (κ1) is 20.9. The number of hydrogen-bond donors (Lipinski definition) is 0. The van der Waals surface area contributed by atoms with Gasteiger partial charge in [0.2, 0.25) is 5.91 Å². The monoisotopic (exact) mass is 412 g/mol. The van der Waals surface area contributed by atoms with E-state index >= 15 is 0 Å². The molecule has 1 fully saturated rings. The molecule has 0 unspecified atom stereocenters. The summed E-state index contributed by atoms with van der Waals surface area (Å²) in [5.74, 6) is -0.334. The van der Waals surface area contributed by atoms with Crippen LogP contribution in [0.4, 0.5) is 18.0 Å². The summed E-state index contributed by atoms with van der Waals surface area (Å²) in [5.41, 5.74) is -1.01. The summed E-state index contributed by atoms with van der Waals surface area (Å²) in [5, 5.41) is 6.55. The van der Waals surface area contributed by atoms with Crippen molar-refractivity contribution in [2.75, 3.05) is 7.05 Å². The maximum Gasteiger partial charge on any atom is 0.429 e. The number of nitrogens with zero attached hydrogens (tertiary/aromatic N) is 4. The van der Waals surface area contributed by atoms with Crippen LogP contribution in [-0.2, 0) is 22.3 Å². The predicted molar refractivity (Wildman–Crippen MR) is 97.5 cm³/mol. The molecule has 0 spiro atoms.